The van der Waals surface area contributed by atoms with Crippen LogP contribution in [0.15, 0.2) is 30.3 Å². The lowest BCUT2D eigenvalue weighted by Crippen LogP contribution is -2.06. The minimum absolute atomic E-state index is 0.354. The van der Waals surface area contributed by atoms with Crippen molar-refractivity contribution in [1.82, 2.24) is 0 Å². The number of alkyl halides is 3. The van der Waals surface area contributed by atoms with Crippen LogP contribution in [0.3, 0.4) is 0 Å². The molecule has 0 saturated heterocycles. The minimum Gasteiger partial charge on any atom is -0.398 e. The number of halogens is 4. The van der Waals surface area contributed by atoms with E-state index in [1.165, 1.54) is 17.4 Å². The lowest BCUT2D eigenvalue weighted by atomic mass is 10.0. The van der Waals surface area contributed by atoms with Crippen molar-refractivity contribution in [2.24, 2.45) is 0 Å². The van der Waals surface area contributed by atoms with E-state index in [4.69, 9.17) is 17.3 Å². The van der Waals surface area contributed by atoms with Crippen LogP contribution < -0.4 is 5.73 Å². The molecule has 0 atom stereocenters. The molecule has 0 aliphatic heterocycles. The number of hydrogen-bond donors (Lipinski definition) is 1. The fraction of sp³-hybridized carbons (Fsp3) is 0.167. The summed E-state index contributed by atoms with van der Waals surface area (Å²) in [5.74, 6) is 0. The Kier molecular flexibility index (Phi) is 3.54. The average Bonchev–Trinajstić information content (AvgIpc) is 2.66. The summed E-state index contributed by atoms with van der Waals surface area (Å²) in [6, 6.07) is 6.86. The van der Waals surface area contributed by atoms with E-state index in [-0.39, 0.29) is 0 Å². The molecule has 2 aromatic rings. The van der Waals surface area contributed by atoms with E-state index < -0.39 is 11.7 Å². The van der Waals surface area contributed by atoms with E-state index in [0.717, 1.165) is 17.0 Å². The molecule has 0 saturated carbocycles. The maximum Gasteiger partial charge on any atom is 0.416 e. The summed E-state index contributed by atoms with van der Waals surface area (Å²) >= 11 is 7.11. The van der Waals surface area contributed by atoms with E-state index in [9.17, 15) is 13.2 Å². The van der Waals surface area contributed by atoms with Crippen molar-refractivity contribution >= 4 is 28.6 Å². The molecule has 2 N–H and O–H groups in total. The summed E-state index contributed by atoms with van der Waals surface area (Å²) in [6.07, 6.45) is -4.00. The maximum atomic E-state index is 12.6. The van der Waals surface area contributed by atoms with Crippen molar-refractivity contribution < 1.29 is 13.2 Å². The first-order chi connectivity index (χ1) is 8.36. The van der Waals surface area contributed by atoms with Gasteiger partial charge in [-0.2, -0.15) is 13.2 Å². The number of nitrogen functional groups attached to an aromatic ring is 1. The van der Waals surface area contributed by atoms with Gasteiger partial charge in [-0.3, -0.25) is 0 Å². The van der Waals surface area contributed by atoms with Gasteiger partial charge in [0.1, 0.15) is 0 Å². The molecule has 0 fully saturated rings. The zero-order chi connectivity index (χ0) is 13.3. The smallest absolute Gasteiger partial charge is 0.398 e. The molecule has 1 nitrogen and oxygen atoms in total. The molecule has 1 aromatic heterocycles. The molecule has 0 bridgehead atoms. The summed E-state index contributed by atoms with van der Waals surface area (Å²) in [7, 11) is 0. The first-order valence-electron chi connectivity index (χ1n) is 5.06. The second-order valence-electron chi connectivity index (χ2n) is 3.79. The molecule has 0 aliphatic carbocycles. The lowest BCUT2D eigenvalue weighted by molar-refractivity contribution is -0.137. The third kappa shape index (κ3) is 2.97. The van der Waals surface area contributed by atoms with Gasteiger partial charge in [-0.05, 0) is 35.9 Å². The number of thiophene rings is 1. The predicted octanol–water partition coefficient (Wildman–Crippen LogP) is 4.59. The summed E-state index contributed by atoms with van der Waals surface area (Å²) in [4.78, 5) is 0.881. The maximum absolute atomic E-state index is 12.6. The highest BCUT2D eigenvalue weighted by Gasteiger charge is 2.30. The van der Waals surface area contributed by atoms with Crippen LogP contribution in [0.4, 0.5) is 18.9 Å². The number of hydrogen-bond acceptors (Lipinski definition) is 2. The predicted molar refractivity (Wildman–Crippen MR) is 68.0 cm³/mol. The van der Waals surface area contributed by atoms with Gasteiger partial charge in [0.2, 0.25) is 0 Å². The molecule has 0 spiro atoms. The second-order valence-corrected chi connectivity index (χ2v) is 5.59. The lowest BCUT2D eigenvalue weighted by Gasteiger charge is -2.10. The first kappa shape index (κ1) is 13.2. The van der Waals surface area contributed by atoms with Gasteiger partial charge in [0.15, 0.2) is 0 Å². The third-order valence-electron chi connectivity index (χ3n) is 2.46. The Balaban J connectivity index is 2.32. The van der Waals surface area contributed by atoms with Gasteiger partial charge in [-0.25, -0.2) is 0 Å². The Morgan fingerprint density at radius 1 is 1.17 bits per heavy atom. The van der Waals surface area contributed by atoms with Gasteiger partial charge >= 0.3 is 6.18 Å². The second kappa shape index (κ2) is 4.82. The topological polar surface area (TPSA) is 26.0 Å². The molecular weight excluding hydrogens is 283 g/mol. The Bertz CT molecular complexity index is 563. The van der Waals surface area contributed by atoms with E-state index in [0.29, 0.717) is 22.0 Å². The normalized spacial score (nSPS) is 11.8. The average molecular weight is 292 g/mol. The van der Waals surface area contributed by atoms with Gasteiger partial charge in [0.05, 0.1) is 9.90 Å². The molecule has 1 aromatic carbocycles. The summed E-state index contributed by atoms with van der Waals surface area (Å²) < 4.78 is 38.4. The van der Waals surface area contributed by atoms with E-state index >= 15 is 0 Å². The van der Waals surface area contributed by atoms with Crippen molar-refractivity contribution in [3.05, 3.63) is 50.7 Å². The molecule has 0 unspecified atom stereocenters. The first-order valence-corrected chi connectivity index (χ1v) is 6.25. The quantitative estimate of drug-likeness (QED) is 0.805. The van der Waals surface area contributed by atoms with Crippen molar-refractivity contribution in [3.63, 3.8) is 0 Å². The van der Waals surface area contributed by atoms with Crippen molar-refractivity contribution in [3.8, 4) is 0 Å². The molecule has 96 valence electrons. The third-order valence-corrected chi connectivity index (χ3v) is 3.69. The molecule has 6 heteroatoms. The Hall–Kier alpha value is -1.20. The monoisotopic (exact) mass is 291 g/mol. The Morgan fingerprint density at radius 3 is 2.44 bits per heavy atom. The van der Waals surface area contributed by atoms with Crippen LogP contribution in [0.5, 0.6) is 0 Å². The Morgan fingerprint density at radius 2 is 1.89 bits per heavy atom. The van der Waals surface area contributed by atoms with E-state index in [1.807, 2.05) is 0 Å². The molecule has 18 heavy (non-hydrogen) atoms. The van der Waals surface area contributed by atoms with Gasteiger partial charge in [-0.1, -0.05) is 11.6 Å². The fourth-order valence-electron chi connectivity index (χ4n) is 1.57. The number of nitrogens with two attached hydrogens (primary N) is 1. The number of anilines is 1. The van der Waals surface area contributed by atoms with Gasteiger partial charge in [-0.15, -0.1) is 11.3 Å². The minimum atomic E-state index is -4.35. The van der Waals surface area contributed by atoms with Crippen LogP contribution in [0.1, 0.15) is 16.0 Å². The molecule has 0 aliphatic rings. The summed E-state index contributed by atoms with van der Waals surface area (Å²) in [5.41, 5.74) is 5.82. The Labute approximate surface area is 111 Å². The van der Waals surface area contributed by atoms with E-state index in [1.54, 1.807) is 12.1 Å². The van der Waals surface area contributed by atoms with Crippen LogP contribution >= 0.6 is 22.9 Å². The molecular formula is C12H9ClF3NS. The largest absolute Gasteiger partial charge is 0.416 e. The number of rotatable bonds is 2. The van der Waals surface area contributed by atoms with Crippen LogP contribution in [0.25, 0.3) is 0 Å². The van der Waals surface area contributed by atoms with Crippen molar-refractivity contribution in [2.45, 2.75) is 12.6 Å². The molecule has 0 radical (unpaired) electrons. The van der Waals surface area contributed by atoms with Crippen LogP contribution in [0, 0.1) is 0 Å². The summed E-state index contributed by atoms with van der Waals surface area (Å²) in [5, 5.41) is 0. The van der Waals surface area contributed by atoms with Crippen molar-refractivity contribution in [2.75, 3.05) is 5.73 Å². The van der Waals surface area contributed by atoms with Crippen LogP contribution in [-0.2, 0) is 12.6 Å². The van der Waals surface area contributed by atoms with Crippen molar-refractivity contribution in [1.29, 1.82) is 0 Å². The molecule has 2 rings (SSSR count). The van der Waals surface area contributed by atoms with E-state index in [2.05, 4.69) is 0 Å². The highest BCUT2D eigenvalue weighted by atomic mass is 35.5. The van der Waals surface area contributed by atoms with Crippen LogP contribution in [0.2, 0.25) is 4.34 Å². The zero-order valence-electron chi connectivity index (χ0n) is 9.09. The van der Waals surface area contributed by atoms with Gasteiger partial charge in [0.25, 0.3) is 0 Å². The standard InChI is InChI=1S/C12H9ClF3NS/c13-11-4-2-9(18-11)6-7-5-8(12(14,15)16)1-3-10(7)17/h1-5H,6,17H2. The fourth-order valence-corrected chi connectivity index (χ4v) is 2.68. The SMILES string of the molecule is Nc1ccc(C(F)(F)F)cc1Cc1ccc(Cl)s1. The highest BCUT2D eigenvalue weighted by molar-refractivity contribution is 7.16. The number of benzene rings is 1. The highest BCUT2D eigenvalue weighted by Crippen LogP contribution is 2.32. The molecule has 1 heterocycles. The summed E-state index contributed by atoms with van der Waals surface area (Å²) in [6.45, 7) is 0. The molecule has 0 amide bonds. The van der Waals surface area contributed by atoms with Gasteiger partial charge in [0, 0.05) is 17.0 Å². The zero-order valence-corrected chi connectivity index (χ0v) is 10.7. The van der Waals surface area contributed by atoms with Crippen LogP contribution in [-0.4, -0.2) is 0 Å². The van der Waals surface area contributed by atoms with Gasteiger partial charge < -0.3 is 5.73 Å².